The van der Waals surface area contributed by atoms with Crippen molar-refractivity contribution in [3.63, 3.8) is 0 Å². The van der Waals surface area contributed by atoms with Crippen molar-refractivity contribution in [2.75, 3.05) is 6.54 Å². The smallest absolute Gasteiger partial charge is 0.260 e. The number of amides is 1. The molecular formula is C10H15N3O2. The Bertz CT molecular complexity index is 384. The Kier molecular flexibility index (Phi) is 4.05. The zero-order valence-corrected chi connectivity index (χ0v) is 8.62. The normalized spacial score (nSPS) is 12.1. The first-order valence-corrected chi connectivity index (χ1v) is 4.82. The standard InChI is InChI=1S/C10H15N3O2/c1-7(11)4-6-13-10(15)8-3-2-5-12-9(8)14/h2-3,5,7H,4,6,11H2,1H3,(H,12,14)(H,13,15). The molecule has 5 nitrogen and oxygen atoms in total. The predicted molar refractivity (Wildman–Crippen MR) is 57.7 cm³/mol. The van der Waals surface area contributed by atoms with Gasteiger partial charge in [-0.25, -0.2) is 0 Å². The second-order valence-corrected chi connectivity index (χ2v) is 3.43. The van der Waals surface area contributed by atoms with Crippen LogP contribution in [0.25, 0.3) is 0 Å². The Morgan fingerprint density at radius 1 is 1.67 bits per heavy atom. The van der Waals surface area contributed by atoms with Crippen molar-refractivity contribution in [1.82, 2.24) is 10.3 Å². The average Bonchev–Trinajstić information content (AvgIpc) is 2.17. The summed E-state index contributed by atoms with van der Waals surface area (Å²) < 4.78 is 0. The van der Waals surface area contributed by atoms with Gasteiger partial charge in [-0.15, -0.1) is 0 Å². The zero-order chi connectivity index (χ0) is 11.3. The molecule has 1 aromatic heterocycles. The number of pyridine rings is 1. The molecule has 5 heteroatoms. The lowest BCUT2D eigenvalue weighted by Crippen LogP contribution is -2.32. The minimum absolute atomic E-state index is 0.0411. The molecule has 0 bridgehead atoms. The highest BCUT2D eigenvalue weighted by Gasteiger charge is 2.08. The van der Waals surface area contributed by atoms with E-state index in [1.165, 1.54) is 12.3 Å². The van der Waals surface area contributed by atoms with Crippen LogP contribution in [0.5, 0.6) is 0 Å². The molecule has 4 N–H and O–H groups in total. The molecule has 82 valence electrons. The van der Waals surface area contributed by atoms with Crippen LogP contribution in [0.1, 0.15) is 23.7 Å². The van der Waals surface area contributed by atoms with Gasteiger partial charge in [0.1, 0.15) is 5.56 Å². The second-order valence-electron chi connectivity index (χ2n) is 3.43. The third-order valence-corrected chi connectivity index (χ3v) is 1.95. The van der Waals surface area contributed by atoms with E-state index < -0.39 is 0 Å². The third kappa shape index (κ3) is 3.55. The molecule has 0 radical (unpaired) electrons. The van der Waals surface area contributed by atoms with Gasteiger partial charge in [-0.05, 0) is 25.5 Å². The van der Waals surface area contributed by atoms with Crippen LogP contribution in [0.4, 0.5) is 0 Å². The Morgan fingerprint density at radius 3 is 3.00 bits per heavy atom. The van der Waals surface area contributed by atoms with Gasteiger partial charge in [0, 0.05) is 18.8 Å². The molecule has 0 aliphatic heterocycles. The Hall–Kier alpha value is -1.62. The van der Waals surface area contributed by atoms with Crippen LogP contribution in [0.3, 0.4) is 0 Å². The SMILES string of the molecule is CC(N)CCNC(=O)c1ccc[nH]c1=O. The molecule has 1 atom stereocenters. The van der Waals surface area contributed by atoms with E-state index in [0.717, 1.165) is 0 Å². The summed E-state index contributed by atoms with van der Waals surface area (Å²) in [6, 6.07) is 3.14. The first kappa shape index (κ1) is 11.5. The molecule has 0 aliphatic rings. The molecule has 0 spiro atoms. The van der Waals surface area contributed by atoms with Crippen molar-refractivity contribution in [3.8, 4) is 0 Å². The lowest BCUT2D eigenvalue weighted by atomic mass is 10.2. The number of nitrogens with one attached hydrogen (secondary N) is 2. The summed E-state index contributed by atoms with van der Waals surface area (Å²) in [6.45, 7) is 2.34. The van der Waals surface area contributed by atoms with Crippen LogP contribution in [-0.4, -0.2) is 23.5 Å². The van der Waals surface area contributed by atoms with Crippen LogP contribution in [0.15, 0.2) is 23.1 Å². The van der Waals surface area contributed by atoms with Gasteiger partial charge < -0.3 is 16.0 Å². The number of nitrogens with two attached hydrogens (primary N) is 1. The number of aromatic amines is 1. The number of H-pyrrole nitrogens is 1. The summed E-state index contributed by atoms with van der Waals surface area (Å²) in [5.41, 5.74) is 5.28. The van der Waals surface area contributed by atoms with Crippen LogP contribution in [0.2, 0.25) is 0 Å². The Balaban J connectivity index is 2.55. The van der Waals surface area contributed by atoms with Gasteiger partial charge in [0.25, 0.3) is 11.5 Å². The molecule has 0 aliphatic carbocycles. The van der Waals surface area contributed by atoms with Crippen molar-refractivity contribution >= 4 is 5.91 Å². The number of hydrogen-bond acceptors (Lipinski definition) is 3. The fourth-order valence-corrected chi connectivity index (χ4v) is 1.11. The highest BCUT2D eigenvalue weighted by molar-refractivity contribution is 5.93. The van der Waals surface area contributed by atoms with Crippen LogP contribution in [-0.2, 0) is 0 Å². The van der Waals surface area contributed by atoms with E-state index in [9.17, 15) is 9.59 Å². The fourth-order valence-electron chi connectivity index (χ4n) is 1.11. The van der Waals surface area contributed by atoms with E-state index in [2.05, 4.69) is 10.3 Å². The summed E-state index contributed by atoms with van der Waals surface area (Å²) in [6.07, 6.45) is 2.18. The van der Waals surface area contributed by atoms with Crippen LogP contribution in [0, 0.1) is 0 Å². The quantitative estimate of drug-likeness (QED) is 0.644. The molecule has 15 heavy (non-hydrogen) atoms. The van der Waals surface area contributed by atoms with Gasteiger partial charge in [0.15, 0.2) is 0 Å². The summed E-state index contributed by atoms with van der Waals surface area (Å²) in [4.78, 5) is 25.1. The summed E-state index contributed by atoms with van der Waals surface area (Å²) >= 11 is 0. The van der Waals surface area contributed by atoms with Crippen molar-refractivity contribution in [2.24, 2.45) is 5.73 Å². The van der Waals surface area contributed by atoms with Crippen LogP contribution < -0.4 is 16.6 Å². The number of hydrogen-bond donors (Lipinski definition) is 3. The number of rotatable bonds is 4. The molecule has 0 aromatic carbocycles. The van der Waals surface area contributed by atoms with Crippen molar-refractivity contribution in [2.45, 2.75) is 19.4 Å². The lowest BCUT2D eigenvalue weighted by Gasteiger charge is -2.06. The maximum absolute atomic E-state index is 11.5. The zero-order valence-electron chi connectivity index (χ0n) is 8.62. The van der Waals surface area contributed by atoms with E-state index in [1.807, 2.05) is 6.92 Å². The summed E-state index contributed by atoms with van der Waals surface area (Å²) in [5.74, 6) is -0.363. The van der Waals surface area contributed by atoms with Gasteiger partial charge in [0.2, 0.25) is 0 Å². The summed E-state index contributed by atoms with van der Waals surface area (Å²) in [7, 11) is 0. The first-order valence-electron chi connectivity index (χ1n) is 4.82. The monoisotopic (exact) mass is 209 g/mol. The molecule has 1 amide bonds. The van der Waals surface area contributed by atoms with E-state index in [0.29, 0.717) is 13.0 Å². The molecule has 1 aromatic rings. The predicted octanol–water partition coefficient (Wildman–Crippen LogP) is -0.158. The number of aromatic nitrogens is 1. The van der Waals surface area contributed by atoms with E-state index >= 15 is 0 Å². The van der Waals surface area contributed by atoms with Gasteiger partial charge >= 0.3 is 0 Å². The van der Waals surface area contributed by atoms with Crippen LogP contribution >= 0.6 is 0 Å². The summed E-state index contributed by atoms with van der Waals surface area (Å²) in [5, 5.41) is 2.63. The fraction of sp³-hybridized carbons (Fsp3) is 0.400. The average molecular weight is 209 g/mol. The number of carbonyl (C=O) groups excluding carboxylic acids is 1. The molecule has 0 fully saturated rings. The molecule has 1 rings (SSSR count). The number of carbonyl (C=O) groups is 1. The van der Waals surface area contributed by atoms with Gasteiger partial charge in [-0.2, -0.15) is 0 Å². The third-order valence-electron chi connectivity index (χ3n) is 1.95. The molecule has 0 saturated heterocycles. The maximum atomic E-state index is 11.5. The minimum Gasteiger partial charge on any atom is -0.352 e. The van der Waals surface area contributed by atoms with Gasteiger partial charge in [0.05, 0.1) is 0 Å². The topological polar surface area (TPSA) is 88.0 Å². The van der Waals surface area contributed by atoms with Crippen molar-refractivity contribution < 1.29 is 4.79 Å². The maximum Gasteiger partial charge on any atom is 0.260 e. The van der Waals surface area contributed by atoms with E-state index in [-0.39, 0.29) is 23.1 Å². The molecular weight excluding hydrogens is 194 g/mol. The van der Waals surface area contributed by atoms with E-state index in [4.69, 9.17) is 5.73 Å². The minimum atomic E-state index is -0.379. The van der Waals surface area contributed by atoms with E-state index in [1.54, 1.807) is 6.07 Å². The lowest BCUT2D eigenvalue weighted by molar-refractivity contribution is 0.0951. The molecule has 0 saturated carbocycles. The first-order chi connectivity index (χ1) is 7.11. The van der Waals surface area contributed by atoms with Gasteiger partial charge in [-0.1, -0.05) is 0 Å². The molecule has 1 heterocycles. The van der Waals surface area contributed by atoms with Crippen molar-refractivity contribution in [3.05, 3.63) is 34.2 Å². The highest BCUT2D eigenvalue weighted by Crippen LogP contribution is 1.90. The second kappa shape index (κ2) is 5.31. The molecule has 1 unspecified atom stereocenters. The van der Waals surface area contributed by atoms with Crippen molar-refractivity contribution in [1.29, 1.82) is 0 Å². The Morgan fingerprint density at radius 2 is 2.40 bits per heavy atom. The Labute approximate surface area is 87.7 Å². The largest absolute Gasteiger partial charge is 0.352 e. The highest BCUT2D eigenvalue weighted by atomic mass is 16.2. The van der Waals surface area contributed by atoms with Gasteiger partial charge in [-0.3, -0.25) is 9.59 Å².